The molecular weight excluding hydrogens is 270 g/mol. The number of hydrogen-bond acceptors (Lipinski definition) is 7. The summed E-state index contributed by atoms with van der Waals surface area (Å²) in [7, 11) is 0. The van der Waals surface area contributed by atoms with E-state index in [1.807, 2.05) is 0 Å². The van der Waals surface area contributed by atoms with E-state index in [1.165, 1.54) is 0 Å². The Kier molecular flexibility index (Phi) is 8.67. The van der Waals surface area contributed by atoms with Gasteiger partial charge in [0.2, 0.25) is 0 Å². The van der Waals surface area contributed by atoms with Gasteiger partial charge in [-0.05, 0) is 0 Å². The van der Waals surface area contributed by atoms with Crippen molar-refractivity contribution < 1.29 is 33.6 Å². The van der Waals surface area contributed by atoms with Crippen molar-refractivity contribution in [3.63, 3.8) is 0 Å². The highest BCUT2D eigenvalue weighted by atomic mass is 16.6. The first-order chi connectivity index (χ1) is 9.65. The second-order valence-electron chi connectivity index (χ2n) is 4.40. The van der Waals surface area contributed by atoms with Gasteiger partial charge >= 0.3 is 5.97 Å². The minimum atomic E-state index is -1.56. The zero-order valence-corrected chi connectivity index (χ0v) is 11.5. The lowest BCUT2D eigenvalue weighted by Crippen LogP contribution is -2.56. The molecule has 1 rings (SSSR count). The lowest BCUT2D eigenvalue weighted by molar-refractivity contribution is -0.149. The molecular formula is C12H23NO7. The van der Waals surface area contributed by atoms with Gasteiger partial charge in [-0.3, -0.25) is 4.79 Å². The van der Waals surface area contributed by atoms with E-state index in [0.717, 1.165) is 0 Å². The number of ether oxygens (including phenoxy) is 5. The lowest BCUT2D eigenvalue weighted by Gasteiger charge is -2.24. The minimum Gasteiger partial charge on any atom is -0.480 e. The quantitative estimate of drug-likeness (QED) is 0.624. The maximum Gasteiger partial charge on any atom is 0.328 e. The molecule has 3 N–H and O–H groups in total. The molecule has 0 atom stereocenters. The molecule has 0 aromatic heterocycles. The Balaban J connectivity index is 2.38. The van der Waals surface area contributed by atoms with Crippen LogP contribution in [0.15, 0.2) is 0 Å². The van der Waals surface area contributed by atoms with Crippen molar-refractivity contribution in [1.82, 2.24) is 0 Å². The number of carboxylic acid groups (broad SMARTS) is 1. The summed E-state index contributed by atoms with van der Waals surface area (Å²) >= 11 is 0. The van der Waals surface area contributed by atoms with Gasteiger partial charge in [-0.1, -0.05) is 0 Å². The molecule has 1 aliphatic rings. The van der Waals surface area contributed by atoms with Crippen LogP contribution in [0.1, 0.15) is 0 Å². The summed E-state index contributed by atoms with van der Waals surface area (Å²) in [6.45, 7) is 2.87. The Hall–Kier alpha value is -0.770. The van der Waals surface area contributed by atoms with Crippen LogP contribution in [-0.2, 0) is 28.5 Å². The van der Waals surface area contributed by atoms with Gasteiger partial charge in [0, 0.05) is 0 Å². The molecule has 1 fully saturated rings. The van der Waals surface area contributed by atoms with E-state index in [2.05, 4.69) is 0 Å². The van der Waals surface area contributed by atoms with Gasteiger partial charge in [-0.2, -0.15) is 0 Å². The zero-order chi connectivity index (χ0) is 14.7. The average molecular weight is 293 g/mol. The maximum absolute atomic E-state index is 11.2. The molecule has 8 nitrogen and oxygen atoms in total. The van der Waals surface area contributed by atoms with E-state index >= 15 is 0 Å². The van der Waals surface area contributed by atoms with Crippen LogP contribution in [-0.4, -0.2) is 82.7 Å². The molecule has 1 aliphatic heterocycles. The first-order valence-corrected chi connectivity index (χ1v) is 6.56. The summed E-state index contributed by atoms with van der Waals surface area (Å²) in [5.41, 5.74) is 4.20. The Bertz CT molecular complexity index is 259. The average Bonchev–Trinajstić information content (AvgIpc) is 2.41. The SMILES string of the molecule is NC1(C(=O)O)COCCOCCOCCOCCOC1. The molecule has 8 heteroatoms. The van der Waals surface area contributed by atoms with Crippen molar-refractivity contribution in [3.05, 3.63) is 0 Å². The molecule has 0 aromatic rings. The van der Waals surface area contributed by atoms with Crippen molar-refractivity contribution in [2.75, 3.05) is 66.1 Å². The highest BCUT2D eigenvalue weighted by Gasteiger charge is 2.34. The van der Waals surface area contributed by atoms with Crippen molar-refractivity contribution in [3.8, 4) is 0 Å². The highest BCUT2D eigenvalue weighted by Crippen LogP contribution is 2.04. The van der Waals surface area contributed by atoms with Gasteiger partial charge in [0.05, 0.1) is 66.1 Å². The van der Waals surface area contributed by atoms with E-state index in [4.69, 9.17) is 34.5 Å². The number of carboxylic acids is 1. The second-order valence-corrected chi connectivity index (χ2v) is 4.40. The fourth-order valence-electron chi connectivity index (χ4n) is 1.45. The van der Waals surface area contributed by atoms with E-state index in [9.17, 15) is 4.79 Å². The molecule has 0 aromatic carbocycles. The molecule has 0 unspecified atom stereocenters. The topological polar surface area (TPSA) is 109 Å². The molecule has 0 aliphatic carbocycles. The first kappa shape index (κ1) is 17.3. The maximum atomic E-state index is 11.2. The molecule has 0 saturated carbocycles. The third-order valence-corrected chi connectivity index (χ3v) is 2.63. The number of hydrogen-bond donors (Lipinski definition) is 2. The summed E-state index contributed by atoms with van der Waals surface area (Å²) in [6, 6.07) is 0. The molecule has 1 saturated heterocycles. The third kappa shape index (κ3) is 7.13. The van der Waals surface area contributed by atoms with E-state index in [1.54, 1.807) is 0 Å². The van der Waals surface area contributed by atoms with Crippen LogP contribution in [0.5, 0.6) is 0 Å². The van der Waals surface area contributed by atoms with Crippen LogP contribution in [0, 0.1) is 0 Å². The number of nitrogens with two attached hydrogens (primary N) is 1. The standard InChI is InChI=1S/C12H23NO7/c13-12(11(14)15)9-19-7-5-17-3-1-16-2-4-18-6-8-20-10-12/h1-10,13H2,(H,14,15). The van der Waals surface area contributed by atoms with Crippen LogP contribution in [0.25, 0.3) is 0 Å². The van der Waals surface area contributed by atoms with Gasteiger partial charge in [0.1, 0.15) is 0 Å². The van der Waals surface area contributed by atoms with E-state index < -0.39 is 11.5 Å². The smallest absolute Gasteiger partial charge is 0.328 e. The Morgan fingerprint density at radius 3 is 1.35 bits per heavy atom. The monoisotopic (exact) mass is 293 g/mol. The Morgan fingerprint density at radius 2 is 1.05 bits per heavy atom. The summed E-state index contributed by atoms with van der Waals surface area (Å²) in [6.07, 6.45) is 0. The van der Waals surface area contributed by atoms with Crippen molar-refractivity contribution in [1.29, 1.82) is 0 Å². The van der Waals surface area contributed by atoms with Crippen LogP contribution in [0.3, 0.4) is 0 Å². The van der Waals surface area contributed by atoms with Crippen molar-refractivity contribution in [2.45, 2.75) is 5.54 Å². The number of carbonyl (C=O) groups is 1. The largest absolute Gasteiger partial charge is 0.480 e. The van der Waals surface area contributed by atoms with Crippen LogP contribution >= 0.6 is 0 Å². The van der Waals surface area contributed by atoms with Crippen LogP contribution in [0.4, 0.5) is 0 Å². The fraction of sp³-hybridized carbons (Fsp3) is 0.917. The van der Waals surface area contributed by atoms with Gasteiger partial charge in [0.25, 0.3) is 0 Å². The number of aliphatic carboxylic acids is 1. The van der Waals surface area contributed by atoms with Crippen LogP contribution < -0.4 is 5.73 Å². The van der Waals surface area contributed by atoms with Gasteiger partial charge in [-0.25, -0.2) is 0 Å². The zero-order valence-electron chi connectivity index (χ0n) is 11.5. The normalized spacial score (nSPS) is 24.1. The van der Waals surface area contributed by atoms with Gasteiger partial charge < -0.3 is 34.5 Å². The van der Waals surface area contributed by atoms with E-state index in [-0.39, 0.29) is 26.4 Å². The van der Waals surface area contributed by atoms with Gasteiger partial charge in [0.15, 0.2) is 5.54 Å². The fourth-order valence-corrected chi connectivity index (χ4v) is 1.45. The van der Waals surface area contributed by atoms with Gasteiger partial charge in [-0.15, -0.1) is 0 Å². The predicted molar refractivity (Wildman–Crippen MR) is 68.6 cm³/mol. The Labute approximate surface area is 118 Å². The molecule has 118 valence electrons. The molecule has 0 spiro atoms. The summed E-state index contributed by atoms with van der Waals surface area (Å²) in [4.78, 5) is 11.2. The second kappa shape index (κ2) is 10.0. The Morgan fingerprint density at radius 1 is 0.750 bits per heavy atom. The summed E-state index contributed by atoms with van der Waals surface area (Å²) in [5, 5.41) is 9.12. The van der Waals surface area contributed by atoms with Crippen LogP contribution in [0.2, 0.25) is 0 Å². The van der Waals surface area contributed by atoms with Crippen molar-refractivity contribution >= 4 is 5.97 Å². The molecule has 0 radical (unpaired) electrons. The third-order valence-electron chi connectivity index (χ3n) is 2.63. The summed E-state index contributed by atoms with van der Waals surface area (Å²) < 4.78 is 26.2. The lowest BCUT2D eigenvalue weighted by atomic mass is 10.0. The molecule has 1 heterocycles. The molecule has 0 bridgehead atoms. The molecule has 0 amide bonds. The first-order valence-electron chi connectivity index (χ1n) is 6.56. The minimum absolute atomic E-state index is 0.136. The predicted octanol–water partition coefficient (Wildman–Crippen LogP) is -1.13. The van der Waals surface area contributed by atoms with E-state index in [0.29, 0.717) is 39.6 Å². The number of rotatable bonds is 1. The summed E-state index contributed by atoms with van der Waals surface area (Å²) in [5.74, 6) is -1.16. The van der Waals surface area contributed by atoms with Crippen molar-refractivity contribution in [2.24, 2.45) is 5.73 Å². The molecule has 20 heavy (non-hydrogen) atoms. The highest BCUT2D eigenvalue weighted by molar-refractivity contribution is 5.78.